The van der Waals surface area contributed by atoms with E-state index in [1.807, 2.05) is 24.3 Å². The van der Waals surface area contributed by atoms with Crippen LogP contribution in [0.2, 0.25) is 5.02 Å². The third-order valence-electron chi connectivity index (χ3n) is 3.52. The van der Waals surface area contributed by atoms with Gasteiger partial charge in [-0.15, -0.1) is 23.1 Å². The van der Waals surface area contributed by atoms with E-state index >= 15 is 0 Å². The zero-order valence-corrected chi connectivity index (χ0v) is 17.1. The molecule has 3 nitrogen and oxygen atoms in total. The minimum absolute atomic E-state index is 0.0967. The summed E-state index contributed by atoms with van der Waals surface area (Å²) in [6.07, 6.45) is 1.27. The molecule has 0 atom stereocenters. The number of benzene rings is 2. The average Bonchev–Trinajstić information content (AvgIpc) is 2.99. The fraction of sp³-hybridized carbons (Fsp3) is 0.105. The highest BCUT2D eigenvalue weighted by Crippen LogP contribution is 2.40. The van der Waals surface area contributed by atoms with E-state index < -0.39 is 6.09 Å². The first-order chi connectivity index (χ1) is 12.5. The molecule has 3 rings (SSSR count). The number of carbonyl (C=O) groups excluding carboxylic acids is 1. The molecule has 0 aliphatic carbocycles. The zero-order valence-electron chi connectivity index (χ0n) is 13.9. The van der Waals surface area contributed by atoms with Gasteiger partial charge in [0.2, 0.25) is 0 Å². The first-order valence-corrected chi connectivity index (χ1v) is 10.9. The van der Waals surface area contributed by atoms with Crippen LogP contribution < -0.4 is 5.73 Å². The van der Waals surface area contributed by atoms with Gasteiger partial charge in [-0.2, -0.15) is 0 Å². The van der Waals surface area contributed by atoms with Gasteiger partial charge >= 0.3 is 6.09 Å². The molecular formula is C19H16ClNO2S3. The van der Waals surface area contributed by atoms with Crippen molar-refractivity contribution < 1.29 is 9.53 Å². The highest BCUT2D eigenvalue weighted by Gasteiger charge is 2.11. The van der Waals surface area contributed by atoms with Crippen LogP contribution in [-0.2, 0) is 11.3 Å². The van der Waals surface area contributed by atoms with Crippen LogP contribution in [0.25, 0.3) is 11.1 Å². The monoisotopic (exact) mass is 421 g/mol. The number of halogens is 1. The number of carbonyl (C=O) groups is 1. The third-order valence-corrected chi connectivity index (χ3v) is 6.87. The van der Waals surface area contributed by atoms with E-state index in [0.717, 1.165) is 14.0 Å². The lowest BCUT2D eigenvalue weighted by atomic mass is 10.1. The maximum atomic E-state index is 10.8. The van der Waals surface area contributed by atoms with Crippen molar-refractivity contribution in [3.05, 3.63) is 64.5 Å². The third kappa shape index (κ3) is 4.98. The number of amides is 1. The van der Waals surface area contributed by atoms with Gasteiger partial charge in [0.15, 0.2) is 0 Å². The second-order valence-electron chi connectivity index (χ2n) is 5.31. The minimum Gasteiger partial charge on any atom is -0.444 e. The van der Waals surface area contributed by atoms with E-state index in [1.165, 1.54) is 27.4 Å². The Kier molecular flexibility index (Phi) is 6.53. The summed E-state index contributed by atoms with van der Waals surface area (Å²) in [5.74, 6) is 0. The van der Waals surface area contributed by atoms with Gasteiger partial charge < -0.3 is 10.5 Å². The Labute approximate surface area is 169 Å². The Bertz CT molecular complexity index is 912. The lowest BCUT2D eigenvalue weighted by Gasteiger charge is -2.08. The molecule has 1 aromatic heterocycles. The van der Waals surface area contributed by atoms with Crippen LogP contribution in [0, 0.1) is 0 Å². The van der Waals surface area contributed by atoms with Gasteiger partial charge in [-0.25, -0.2) is 4.79 Å². The largest absolute Gasteiger partial charge is 0.444 e. The summed E-state index contributed by atoms with van der Waals surface area (Å²) < 4.78 is 5.88. The van der Waals surface area contributed by atoms with E-state index in [-0.39, 0.29) is 6.61 Å². The minimum atomic E-state index is -0.802. The standard InChI is InChI=1S/C19H16ClNO2S3/c1-24-14-7-13(12-5-3-2-4-6-12)8-15(9-14)25-18-10-16(20)17(26-18)11-23-19(21)22/h2-10H,11H2,1H3,(H2,21,22). The molecule has 0 radical (unpaired) electrons. The predicted octanol–water partition coefficient (Wildman–Crippen LogP) is 6.54. The smallest absolute Gasteiger partial charge is 0.404 e. The van der Waals surface area contributed by atoms with Gasteiger partial charge in [0.25, 0.3) is 0 Å². The molecule has 7 heteroatoms. The number of rotatable bonds is 6. The van der Waals surface area contributed by atoms with Crippen molar-refractivity contribution in [2.45, 2.75) is 20.6 Å². The first kappa shape index (κ1) is 19.2. The lowest BCUT2D eigenvalue weighted by Crippen LogP contribution is -2.12. The number of primary amides is 1. The Balaban J connectivity index is 1.86. The van der Waals surface area contributed by atoms with E-state index in [0.29, 0.717) is 5.02 Å². The highest BCUT2D eigenvalue weighted by atomic mass is 35.5. The van der Waals surface area contributed by atoms with E-state index in [2.05, 4.69) is 36.6 Å². The summed E-state index contributed by atoms with van der Waals surface area (Å²) in [5, 5.41) is 0.586. The molecule has 0 aliphatic rings. The molecule has 0 aliphatic heterocycles. The average molecular weight is 422 g/mol. The Morgan fingerprint density at radius 2 is 1.85 bits per heavy atom. The Hall–Kier alpha value is -1.60. The molecule has 3 aromatic rings. The van der Waals surface area contributed by atoms with Gasteiger partial charge in [0.1, 0.15) is 6.61 Å². The van der Waals surface area contributed by atoms with Crippen molar-refractivity contribution in [2.24, 2.45) is 5.73 Å². The topological polar surface area (TPSA) is 52.3 Å². The molecule has 0 unspecified atom stereocenters. The molecule has 26 heavy (non-hydrogen) atoms. The van der Waals surface area contributed by atoms with Crippen molar-refractivity contribution in [1.82, 2.24) is 0 Å². The van der Waals surface area contributed by atoms with Gasteiger partial charge in [0, 0.05) is 9.79 Å². The molecule has 2 N–H and O–H groups in total. The van der Waals surface area contributed by atoms with Crippen molar-refractivity contribution >= 4 is 52.6 Å². The van der Waals surface area contributed by atoms with Crippen molar-refractivity contribution in [1.29, 1.82) is 0 Å². The molecule has 134 valence electrons. The second kappa shape index (κ2) is 8.86. The molecule has 0 fully saturated rings. The number of thiophene rings is 1. The first-order valence-electron chi connectivity index (χ1n) is 7.68. The number of nitrogens with two attached hydrogens (primary N) is 1. The number of hydrogen-bond donors (Lipinski definition) is 1. The van der Waals surface area contributed by atoms with Gasteiger partial charge in [-0.1, -0.05) is 53.7 Å². The summed E-state index contributed by atoms with van der Waals surface area (Å²) in [5.41, 5.74) is 7.38. The maximum Gasteiger partial charge on any atom is 0.404 e. The van der Waals surface area contributed by atoms with Crippen LogP contribution in [0.4, 0.5) is 4.79 Å². The number of hydrogen-bond acceptors (Lipinski definition) is 5. The number of ether oxygens (including phenoxy) is 1. The molecule has 0 saturated heterocycles. The fourth-order valence-electron chi connectivity index (χ4n) is 2.33. The van der Waals surface area contributed by atoms with Crippen LogP contribution in [-0.4, -0.2) is 12.3 Å². The van der Waals surface area contributed by atoms with Crippen LogP contribution in [0.3, 0.4) is 0 Å². The van der Waals surface area contributed by atoms with Gasteiger partial charge in [-0.05, 0) is 41.6 Å². The Morgan fingerprint density at radius 1 is 1.12 bits per heavy atom. The van der Waals surface area contributed by atoms with Gasteiger partial charge in [-0.3, -0.25) is 0 Å². The SMILES string of the molecule is CSc1cc(Sc2cc(Cl)c(COC(N)=O)s2)cc(-c2ccccc2)c1. The molecule has 0 bridgehead atoms. The molecule has 1 amide bonds. The van der Waals surface area contributed by atoms with Crippen molar-refractivity contribution in [2.75, 3.05) is 6.26 Å². The van der Waals surface area contributed by atoms with E-state index in [4.69, 9.17) is 22.1 Å². The van der Waals surface area contributed by atoms with E-state index in [9.17, 15) is 4.79 Å². The highest BCUT2D eigenvalue weighted by molar-refractivity contribution is 8.01. The molecule has 1 heterocycles. The summed E-state index contributed by atoms with van der Waals surface area (Å²) >= 11 is 11.1. The normalized spacial score (nSPS) is 10.7. The number of thioether (sulfide) groups is 1. The van der Waals surface area contributed by atoms with Gasteiger partial charge in [0.05, 0.1) is 14.1 Å². The van der Waals surface area contributed by atoms with Crippen molar-refractivity contribution in [3.63, 3.8) is 0 Å². The Morgan fingerprint density at radius 3 is 2.54 bits per heavy atom. The van der Waals surface area contributed by atoms with Crippen LogP contribution >= 0.6 is 46.5 Å². The molecule has 2 aromatic carbocycles. The molecular weight excluding hydrogens is 406 g/mol. The quantitative estimate of drug-likeness (QED) is 0.459. The predicted molar refractivity (Wildman–Crippen MR) is 111 cm³/mol. The fourth-order valence-corrected chi connectivity index (χ4v) is 5.54. The zero-order chi connectivity index (χ0) is 18.5. The molecule has 0 saturated carbocycles. The van der Waals surface area contributed by atoms with E-state index in [1.54, 1.807) is 23.5 Å². The van der Waals surface area contributed by atoms with Crippen LogP contribution in [0.1, 0.15) is 4.88 Å². The lowest BCUT2D eigenvalue weighted by molar-refractivity contribution is 0.151. The van der Waals surface area contributed by atoms with Crippen LogP contribution in [0.15, 0.2) is 68.6 Å². The second-order valence-corrected chi connectivity index (χ2v) is 9.11. The maximum absolute atomic E-state index is 10.8. The summed E-state index contributed by atoms with van der Waals surface area (Å²) in [6, 6.07) is 18.7. The summed E-state index contributed by atoms with van der Waals surface area (Å²) in [6.45, 7) is 0.0967. The summed E-state index contributed by atoms with van der Waals surface area (Å²) in [4.78, 5) is 13.9. The van der Waals surface area contributed by atoms with Crippen LogP contribution in [0.5, 0.6) is 0 Å². The summed E-state index contributed by atoms with van der Waals surface area (Å²) in [7, 11) is 0. The molecule has 0 spiro atoms. The van der Waals surface area contributed by atoms with Crippen molar-refractivity contribution in [3.8, 4) is 11.1 Å².